The van der Waals surface area contributed by atoms with E-state index < -0.39 is 0 Å². The maximum absolute atomic E-state index is 11.4. The van der Waals surface area contributed by atoms with Crippen LogP contribution in [0.5, 0.6) is 0 Å². The molecule has 1 unspecified atom stereocenters. The number of aliphatic hydroxyl groups excluding tert-OH is 1. The number of carbonyl (C=O) groups excluding carboxylic acids is 2. The normalized spacial score (nSPS) is 11.9. The molecule has 0 bridgehead atoms. The van der Waals surface area contributed by atoms with E-state index in [-0.39, 0.29) is 43.1 Å². The second-order valence-corrected chi connectivity index (χ2v) is 4.08. The van der Waals surface area contributed by atoms with E-state index in [9.17, 15) is 9.59 Å². The Morgan fingerprint density at radius 3 is 2.83 bits per heavy atom. The van der Waals surface area contributed by atoms with E-state index in [1.165, 1.54) is 6.26 Å². The molecule has 0 aliphatic carbocycles. The standard InChI is InChI=1S/C12H18N2O4/c1-9(8-15)7-14-11(16)4-5-13-12(17)10-3-2-6-18-10/h2-3,6,9,15H,4-5,7-8H2,1H3,(H,13,17)(H,14,16). The molecule has 0 aliphatic rings. The van der Waals surface area contributed by atoms with Gasteiger partial charge in [-0.2, -0.15) is 0 Å². The number of hydrogen-bond donors (Lipinski definition) is 3. The van der Waals surface area contributed by atoms with Crippen LogP contribution in [0.4, 0.5) is 0 Å². The molecule has 2 amide bonds. The molecule has 1 atom stereocenters. The highest BCUT2D eigenvalue weighted by Crippen LogP contribution is 1.98. The maximum Gasteiger partial charge on any atom is 0.286 e. The Morgan fingerprint density at radius 1 is 1.44 bits per heavy atom. The van der Waals surface area contributed by atoms with Crippen molar-refractivity contribution in [2.75, 3.05) is 19.7 Å². The van der Waals surface area contributed by atoms with Gasteiger partial charge in [0, 0.05) is 26.1 Å². The fourth-order valence-corrected chi connectivity index (χ4v) is 1.23. The number of furan rings is 1. The summed E-state index contributed by atoms with van der Waals surface area (Å²) in [6.07, 6.45) is 1.61. The lowest BCUT2D eigenvalue weighted by molar-refractivity contribution is -0.121. The third kappa shape index (κ3) is 5.01. The first-order chi connectivity index (χ1) is 8.63. The molecular formula is C12H18N2O4. The van der Waals surface area contributed by atoms with E-state index in [2.05, 4.69) is 10.6 Å². The first-order valence-corrected chi connectivity index (χ1v) is 5.82. The van der Waals surface area contributed by atoms with Crippen molar-refractivity contribution in [1.29, 1.82) is 0 Å². The van der Waals surface area contributed by atoms with Gasteiger partial charge in [0.05, 0.1) is 6.26 Å². The van der Waals surface area contributed by atoms with Gasteiger partial charge in [0.2, 0.25) is 5.91 Å². The third-order valence-corrected chi connectivity index (χ3v) is 2.34. The van der Waals surface area contributed by atoms with Crippen LogP contribution < -0.4 is 10.6 Å². The zero-order chi connectivity index (χ0) is 13.4. The summed E-state index contributed by atoms with van der Waals surface area (Å²) >= 11 is 0. The lowest BCUT2D eigenvalue weighted by Crippen LogP contribution is -2.33. The molecular weight excluding hydrogens is 236 g/mol. The van der Waals surface area contributed by atoms with Crippen molar-refractivity contribution in [3.05, 3.63) is 24.2 Å². The van der Waals surface area contributed by atoms with Crippen molar-refractivity contribution in [2.24, 2.45) is 5.92 Å². The maximum atomic E-state index is 11.4. The number of amides is 2. The summed E-state index contributed by atoms with van der Waals surface area (Å²) in [6.45, 7) is 2.55. The zero-order valence-electron chi connectivity index (χ0n) is 10.3. The van der Waals surface area contributed by atoms with Crippen LogP contribution in [0, 0.1) is 5.92 Å². The van der Waals surface area contributed by atoms with Crippen LogP contribution in [0.1, 0.15) is 23.9 Å². The number of hydrogen-bond acceptors (Lipinski definition) is 4. The Labute approximate surface area is 105 Å². The molecule has 6 nitrogen and oxygen atoms in total. The molecule has 0 aromatic carbocycles. The van der Waals surface area contributed by atoms with Gasteiger partial charge in [-0.05, 0) is 18.1 Å². The van der Waals surface area contributed by atoms with Crippen LogP contribution >= 0.6 is 0 Å². The van der Waals surface area contributed by atoms with Crippen LogP contribution in [-0.2, 0) is 4.79 Å². The van der Waals surface area contributed by atoms with E-state index in [0.29, 0.717) is 6.54 Å². The second-order valence-electron chi connectivity index (χ2n) is 4.08. The molecule has 0 fully saturated rings. The fourth-order valence-electron chi connectivity index (χ4n) is 1.23. The average molecular weight is 254 g/mol. The van der Waals surface area contributed by atoms with Crippen molar-refractivity contribution < 1.29 is 19.1 Å². The first-order valence-electron chi connectivity index (χ1n) is 5.82. The predicted molar refractivity (Wildman–Crippen MR) is 64.9 cm³/mol. The summed E-state index contributed by atoms with van der Waals surface area (Å²) in [4.78, 5) is 22.8. The molecule has 0 saturated carbocycles. The fraction of sp³-hybridized carbons (Fsp3) is 0.500. The van der Waals surface area contributed by atoms with Crippen LogP contribution in [0.3, 0.4) is 0 Å². The SMILES string of the molecule is CC(CO)CNC(=O)CCNC(=O)c1ccco1. The lowest BCUT2D eigenvalue weighted by Gasteiger charge is -2.09. The van der Waals surface area contributed by atoms with Gasteiger partial charge < -0.3 is 20.2 Å². The molecule has 100 valence electrons. The minimum atomic E-state index is -0.337. The second kappa shape index (κ2) is 7.50. The van der Waals surface area contributed by atoms with Crippen LogP contribution in [0.2, 0.25) is 0 Å². The van der Waals surface area contributed by atoms with Crippen molar-refractivity contribution in [1.82, 2.24) is 10.6 Å². The molecule has 3 N–H and O–H groups in total. The smallest absolute Gasteiger partial charge is 0.286 e. The van der Waals surface area contributed by atoms with Gasteiger partial charge in [-0.3, -0.25) is 9.59 Å². The summed E-state index contributed by atoms with van der Waals surface area (Å²) in [7, 11) is 0. The minimum absolute atomic E-state index is 0.0339. The Balaban J connectivity index is 2.14. The monoisotopic (exact) mass is 254 g/mol. The largest absolute Gasteiger partial charge is 0.459 e. The first kappa shape index (κ1) is 14.2. The van der Waals surface area contributed by atoms with Crippen molar-refractivity contribution in [3.8, 4) is 0 Å². The molecule has 1 aromatic rings. The van der Waals surface area contributed by atoms with Crippen LogP contribution in [0.15, 0.2) is 22.8 Å². The highest BCUT2D eigenvalue weighted by Gasteiger charge is 2.09. The van der Waals surface area contributed by atoms with Gasteiger partial charge in [0.1, 0.15) is 0 Å². The van der Waals surface area contributed by atoms with Crippen LogP contribution in [-0.4, -0.2) is 36.6 Å². The molecule has 0 spiro atoms. The molecule has 18 heavy (non-hydrogen) atoms. The van der Waals surface area contributed by atoms with Crippen LogP contribution in [0.25, 0.3) is 0 Å². The summed E-state index contributed by atoms with van der Waals surface area (Å²) in [5.74, 6) is -0.234. The molecule has 0 radical (unpaired) electrons. The highest BCUT2D eigenvalue weighted by molar-refractivity contribution is 5.91. The molecule has 0 saturated heterocycles. The lowest BCUT2D eigenvalue weighted by atomic mass is 10.2. The van der Waals surface area contributed by atoms with Crippen molar-refractivity contribution in [2.45, 2.75) is 13.3 Å². The van der Waals surface area contributed by atoms with Gasteiger partial charge in [-0.1, -0.05) is 6.92 Å². The van der Waals surface area contributed by atoms with Crippen molar-refractivity contribution >= 4 is 11.8 Å². The molecule has 1 aromatic heterocycles. The van der Waals surface area contributed by atoms with E-state index in [0.717, 1.165) is 0 Å². The summed E-state index contributed by atoms with van der Waals surface area (Å²) in [5, 5.41) is 14.0. The predicted octanol–water partition coefficient (Wildman–Crippen LogP) is 0.144. The van der Waals surface area contributed by atoms with Gasteiger partial charge in [-0.15, -0.1) is 0 Å². The van der Waals surface area contributed by atoms with Gasteiger partial charge in [-0.25, -0.2) is 0 Å². The number of nitrogens with one attached hydrogen (secondary N) is 2. The van der Waals surface area contributed by atoms with Crippen molar-refractivity contribution in [3.63, 3.8) is 0 Å². The molecule has 1 heterocycles. The number of carbonyl (C=O) groups is 2. The molecule has 1 rings (SSSR count). The Bertz CT molecular complexity index is 375. The Kier molecular flexibility index (Phi) is 5.93. The van der Waals surface area contributed by atoms with E-state index in [4.69, 9.17) is 9.52 Å². The summed E-state index contributed by atoms with van der Waals surface area (Å²) in [5.41, 5.74) is 0. The molecule has 6 heteroatoms. The average Bonchev–Trinajstić information content (AvgIpc) is 2.89. The Morgan fingerprint density at radius 2 is 2.22 bits per heavy atom. The molecule has 0 aliphatic heterocycles. The van der Waals surface area contributed by atoms with E-state index in [1.807, 2.05) is 6.92 Å². The number of rotatable bonds is 7. The summed E-state index contributed by atoms with van der Waals surface area (Å²) < 4.78 is 4.91. The minimum Gasteiger partial charge on any atom is -0.459 e. The van der Waals surface area contributed by atoms with Gasteiger partial charge in [0.15, 0.2) is 5.76 Å². The summed E-state index contributed by atoms with van der Waals surface area (Å²) in [6, 6.07) is 3.18. The third-order valence-electron chi connectivity index (χ3n) is 2.34. The Hall–Kier alpha value is -1.82. The zero-order valence-corrected chi connectivity index (χ0v) is 10.3. The van der Waals surface area contributed by atoms with Gasteiger partial charge in [0.25, 0.3) is 5.91 Å². The number of aliphatic hydroxyl groups is 1. The topological polar surface area (TPSA) is 91.6 Å². The van der Waals surface area contributed by atoms with E-state index in [1.54, 1.807) is 12.1 Å². The van der Waals surface area contributed by atoms with Gasteiger partial charge >= 0.3 is 0 Å². The quantitative estimate of drug-likeness (QED) is 0.645. The van der Waals surface area contributed by atoms with E-state index >= 15 is 0 Å². The highest BCUT2D eigenvalue weighted by atomic mass is 16.3.